The number of hydrogen-bond donors (Lipinski definition) is 1. The summed E-state index contributed by atoms with van der Waals surface area (Å²) in [6.45, 7) is 3.98. The molecule has 0 aliphatic rings. The van der Waals surface area contributed by atoms with Crippen LogP contribution >= 0.6 is 0 Å². The van der Waals surface area contributed by atoms with E-state index in [0.29, 0.717) is 5.82 Å². The third kappa shape index (κ3) is 1.64. The highest BCUT2D eigenvalue weighted by atomic mass is 15.1. The van der Waals surface area contributed by atoms with Crippen molar-refractivity contribution in [1.82, 2.24) is 19.5 Å². The predicted octanol–water partition coefficient (Wildman–Crippen LogP) is 1.54. The number of anilines is 1. The molecule has 0 bridgehead atoms. The van der Waals surface area contributed by atoms with Crippen molar-refractivity contribution in [3.63, 3.8) is 0 Å². The Morgan fingerprint density at radius 3 is 2.56 bits per heavy atom. The largest absolute Gasteiger partial charge is 0.373 e. The van der Waals surface area contributed by atoms with Crippen LogP contribution in [0, 0.1) is 13.8 Å². The molecule has 16 heavy (non-hydrogen) atoms. The first-order valence-electron chi connectivity index (χ1n) is 5.14. The summed E-state index contributed by atoms with van der Waals surface area (Å²) >= 11 is 0. The van der Waals surface area contributed by atoms with Gasteiger partial charge in [-0.15, -0.1) is 0 Å². The second-order valence-electron chi connectivity index (χ2n) is 3.72. The second kappa shape index (κ2) is 3.92. The Labute approximate surface area is 94.6 Å². The number of nitrogens with zero attached hydrogens (tertiary/aromatic N) is 4. The van der Waals surface area contributed by atoms with Crippen LogP contribution in [0.25, 0.3) is 11.6 Å². The van der Waals surface area contributed by atoms with Crippen LogP contribution in [0.3, 0.4) is 0 Å². The molecule has 2 aromatic rings. The number of rotatable bonds is 2. The average Bonchev–Trinajstić information content (AvgIpc) is 2.68. The van der Waals surface area contributed by atoms with Gasteiger partial charge in [0.25, 0.3) is 0 Å². The van der Waals surface area contributed by atoms with Gasteiger partial charge in [-0.2, -0.15) is 0 Å². The summed E-state index contributed by atoms with van der Waals surface area (Å²) in [6.07, 6.45) is 3.62. The molecule has 2 aromatic heterocycles. The van der Waals surface area contributed by atoms with E-state index in [1.807, 2.05) is 38.7 Å². The van der Waals surface area contributed by atoms with Gasteiger partial charge in [0, 0.05) is 37.7 Å². The fraction of sp³-hybridized carbons (Fsp3) is 0.364. The summed E-state index contributed by atoms with van der Waals surface area (Å²) in [6, 6.07) is 0. The van der Waals surface area contributed by atoms with Crippen molar-refractivity contribution in [1.29, 1.82) is 0 Å². The highest BCUT2D eigenvalue weighted by molar-refractivity contribution is 5.53. The van der Waals surface area contributed by atoms with E-state index >= 15 is 0 Å². The van der Waals surface area contributed by atoms with Crippen LogP contribution in [0.4, 0.5) is 5.82 Å². The molecule has 0 radical (unpaired) electrons. The van der Waals surface area contributed by atoms with Crippen molar-refractivity contribution in [3.05, 3.63) is 23.7 Å². The second-order valence-corrected chi connectivity index (χ2v) is 3.72. The van der Waals surface area contributed by atoms with Gasteiger partial charge in [0.1, 0.15) is 5.82 Å². The van der Waals surface area contributed by atoms with E-state index < -0.39 is 0 Å². The minimum atomic E-state index is 0.653. The van der Waals surface area contributed by atoms with Gasteiger partial charge in [-0.1, -0.05) is 0 Å². The lowest BCUT2D eigenvalue weighted by Gasteiger charge is -2.09. The van der Waals surface area contributed by atoms with Crippen LogP contribution in [0.5, 0.6) is 0 Å². The number of imidazole rings is 1. The van der Waals surface area contributed by atoms with Gasteiger partial charge in [0.15, 0.2) is 11.6 Å². The first-order chi connectivity index (χ1) is 7.63. The van der Waals surface area contributed by atoms with E-state index in [2.05, 4.69) is 20.3 Å². The molecule has 1 N–H and O–H groups in total. The monoisotopic (exact) mass is 217 g/mol. The zero-order valence-corrected chi connectivity index (χ0v) is 9.94. The minimum absolute atomic E-state index is 0.653. The summed E-state index contributed by atoms with van der Waals surface area (Å²) in [4.78, 5) is 13.1. The van der Waals surface area contributed by atoms with Gasteiger partial charge in [-0.25, -0.2) is 15.0 Å². The van der Waals surface area contributed by atoms with Gasteiger partial charge in [0.05, 0.1) is 0 Å². The SMILES string of the molecule is CNc1nc(-c2nccn2C)nc(C)c1C. The Bertz CT molecular complexity index is 515. The molecule has 0 amide bonds. The number of aryl methyl sites for hydroxylation is 2. The summed E-state index contributed by atoms with van der Waals surface area (Å²) in [7, 11) is 3.79. The van der Waals surface area contributed by atoms with E-state index in [4.69, 9.17) is 0 Å². The fourth-order valence-electron chi connectivity index (χ4n) is 1.55. The minimum Gasteiger partial charge on any atom is -0.373 e. The van der Waals surface area contributed by atoms with Crippen LogP contribution in [-0.4, -0.2) is 26.6 Å². The molecule has 0 saturated carbocycles. The molecule has 2 rings (SSSR count). The van der Waals surface area contributed by atoms with Crippen LogP contribution < -0.4 is 5.32 Å². The number of aromatic nitrogens is 4. The van der Waals surface area contributed by atoms with E-state index in [1.54, 1.807) is 6.20 Å². The van der Waals surface area contributed by atoms with Crippen molar-refractivity contribution in [2.75, 3.05) is 12.4 Å². The lowest BCUT2D eigenvalue weighted by molar-refractivity contribution is 0.900. The standard InChI is InChI=1S/C11H15N5/c1-7-8(2)14-10(15-9(7)12-3)11-13-5-6-16(11)4/h5-6H,1-4H3,(H,12,14,15). The predicted molar refractivity (Wildman–Crippen MR) is 63.3 cm³/mol. The van der Waals surface area contributed by atoms with Crippen molar-refractivity contribution in [2.45, 2.75) is 13.8 Å². The Balaban J connectivity index is 2.59. The van der Waals surface area contributed by atoms with Crippen LogP contribution in [0.1, 0.15) is 11.3 Å². The normalized spacial score (nSPS) is 10.5. The van der Waals surface area contributed by atoms with Crippen molar-refractivity contribution in [2.24, 2.45) is 7.05 Å². The smallest absolute Gasteiger partial charge is 0.198 e. The molecule has 0 fully saturated rings. The van der Waals surface area contributed by atoms with Crippen molar-refractivity contribution in [3.8, 4) is 11.6 Å². The van der Waals surface area contributed by atoms with Crippen molar-refractivity contribution < 1.29 is 0 Å². The highest BCUT2D eigenvalue weighted by Gasteiger charge is 2.11. The third-order valence-electron chi connectivity index (χ3n) is 2.65. The summed E-state index contributed by atoms with van der Waals surface area (Å²) < 4.78 is 1.91. The molecule has 0 aliphatic carbocycles. The molecular weight excluding hydrogens is 202 g/mol. The van der Waals surface area contributed by atoms with Gasteiger partial charge >= 0.3 is 0 Å². The van der Waals surface area contributed by atoms with Gasteiger partial charge in [-0.3, -0.25) is 0 Å². The average molecular weight is 217 g/mol. The topological polar surface area (TPSA) is 55.6 Å². The Hall–Kier alpha value is -1.91. The van der Waals surface area contributed by atoms with E-state index in [9.17, 15) is 0 Å². The molecule has 0 atom stereocenters. The summed E-state index contributed by atoms with van der Waals surface area (Å²) in [5.74, 6) is 2.28. The van der Waals surface area contributed by atoms with E-state index in [-0.39, 0.29) is 0 Å². The number of nitrogens with one attached hydrogen (secondary N) is 1. The molecule has 0 unspecified atom stereocenters. The maximum Gasteiger partial charge on any atom is 0.198 e. The first-order valence-corrected chi connectivity index (χ1v) is 5.14. The number of hydrogen-bond acceptors (Lipinski definition) is 4. The summed E-state index contributed by atoms with van der Waals surface area (Å²) in [5, 5.41) is 3.07. The zero-order valence-electron chi connectivity index (χ0n) is 9.94. The quantitative estimate of drug-likeness (QED) is 0.829. The Kier molecular flexibility index (Phi) is 2.60. The third-order valence-corrected chi connectivity index (χ3v) is 2.65. The maximum absolute atomic E-state index is 4.45. The van der Waals surface area contributed by atoms with E-state index in [1.165, 1.54) is 0 Å². The van der Waals surface area contributed by atoms with Gasteiger partial charge in [0.2, 0.25) is 0 Å². The Morgan fingerprint density at radius 2 is 2.00 bits per heavy atom. The van der Waals surface area contributed by atoms with Crippen molar-refractivity contribution >= 4 is 5.82 Å². The molecule has 0 saturated heterocycles. The van der Waals surface area contributed by atoms with Crippen LogP contribution in [0.15, 0.2) is 12.4 Å². The van der Waals surface area contributed by atoms with Gasteiger partial charge in [-0.05, 0) is 13.8 Å². The molecule has 0 aliphatic heterocycles. The molecule has 5 nitrogen and oxygen atoms in total. The van der Waals surface area contributed by atoms with E-state index in [0.717, 1.165) is 22.9 Å². The molecular formula is C11H15N5. The maximum atomic E-state index is 4.45. The molecule has 2 heterocycles. The van der Waals surface area contributed by atoms with Gasteiger partial charge < -0.3 is 9.88 Å². The molecule has 5 heteroatoms. The Morgan fingerprint density at radius 1 is 1.25 bits per heavy atom. The highest BCUT2D eigenvalue weighted by Crippen LogP contribution is 2.19. The fourth-order valence-corrected chi connectivity index (χ4v) is 1.55. The first kappa shape index (κ1) is 10.6. The lowest BCUT2D eigenvalue weighted by atomic mass is 10.2. The summed E-state index contributed by atoms with van der Waals surface area (Å²) in [5.41, 5.74) is 2.04. The molecule has 84 valence electrons. The molecule has 0 spiro atoms. The zero-order chi connectivity index (χ0) is 11.7. The van der Waals surface area contributed by atoms with Crippen LogP contribution in [0.2, 0.25) is 0 Å². The van der Waals surface area contributed by atoms with Crippen LogP contribution in [-0.2, 0) is 7.05 Å². The lowest BCUT2D eigenvalue weighted by Crippen LogP contribution is -2.05. The molecule has 0 aromatic carbocycles.